The number of benzene rings is 1. The molecule has 1 amide bonds. The molecule has 1 N–H and O–H groups in total. The van der Waals surface area contributed by atoms with Crippen LogP contribution in [-0.2, 0) is 18.3 Å². The SMILES string of the molecule is Cc1cc(CC(=O)Nc2cccc(F)c2)c(C)n1C. The van der Waals surface area contributed by atoms with E-state index in [2.05, 4.69) is 5.32 Å². The molecule has 100 valence electrons. The summed E-state index contributed by atoms with van der Waals surface area (Å²) in [5, 5.41) is 2.70. The second-order valence-electron chi connectivity index (χ2n) is 4.69. The van der Waals surface area contributed by atoms with E-state index in [0.717, 1.165) is 17.0 Å². The van der Waals surface area contributed by atoms with Crippen LogP contribution < -0.4 is 5.32 Å². The second-order valence-corrected chi connectivity index (χ2v) is 4.69. The Morgan fingerprint density at radius 2 is 2.05 bits per heavy atom. The first kappa shape index (κ1) is 13.3. The van der Waals surface area contributed by atoms with Gasteiger partial charge in [0, 0.05) is 24.1 Å². The standard InChI is InChI=1S/C15H17FN2O/c1-10-7-12(11(2)18(10)3)8-15(19)17-14-6-4-5-13(16)9-14/h4-7,9H,8H2,1-3H3,(H,17,19). The lowest BCUT2D eigenvalue weighted by molar-refractivity contribution is -0.115. The fourth-order valence-corrected chi connectivity index (χ4v) is 2.06. The smallest absolute Gasteiger partial charge is 0.228 e. The minimum absolute atomic E-state index is 0.140. The van der Waals surface area contributed by atoms with Crippen LogP contribution in [0.5, 0.6) is 0 Å². The van der Waals surface area contributed by atoms with Gasteiger partial charge in [-0.15, -0.1) is 0 Å². The Morgan fingerprint density at radius 1 is 1.32 bits per heavy atom. The van der Waals surface area contributed by atoms with Gasteiger partial charge in [0.2, 0.25) is 5.91 Å². The van der Waals surface area contributed by atoms with Crippen LogP contribution in [0.25, 0.3) is 0 Å². The highest BCUT2D eigenvalue weighted by Crippen LogP contribution is 2.15. The topological polar surface area (TPSA) is 34.0 Å². The molecule has 0 radical (unpaired) electrons. The number of anilines is 1. The van der Waals surface area contributed by atoms with E-state index < -0.39 is 0 Å². The van der Waals surface area contributed by atoms with Crippen LogP contribution in [0, 0.1) is 19.7 Å². The van der Waals surface area contributed by atoms with Crippen molar-refractivity contribution in [1.29, 1.82) is 0 Å². The van der Waals surface area contributed by atoms with Gasteiger partial charge in [-0.3, -0.25) is 4.79 Å². The third kappa shape index (κ3) is 3.02. The van der Waals surface area contributed by atoms with Gasteiger partial charge in [0.15, 0.2) is 0 Å². The summed E-state index contributed by atoms with van der Waals surface area (Å²) < 4.78 is 15.1. The van der Waals surface area contributed by atoms with Crippen molar-refractivity contribution in [2.45, 2.75) is 20.3 Å². The third-order valence-corrected chi connectivity index (χ3v) is 3.34. The molecule has 0 saturated heterocycles. The average molecular weight is 260 g/mol. The number of nitrogens with zero attached hydrogens (tertiary/aromatic N) is 1. The van der Waals surface area contributed by atoms with Crippen LogP contribution in [-0.4, -0.2) is 10.5 Å². The minimum atomic E-state index is -0.357. The summed E-state index contributed by atoms with van der Waals surface area (Å²) in [6, 6.07) is 7.90. The van der Waals surface area contributed by atoms with Crippen LogP contribution in [0.3, 0.4) is 0 Å². The Hall–Kier alpha value is -2.10. The summed E-state index contributed by atoms with van der Waals surface area (Å²) in [5.41, 5.74) is 3.67. The first-order valence-corrected chi connectivity index (χ1v) is 6.14. The normalized spacial score (nSPS) is 10.5. The molecule has 0 aliphatic heterocycles. The summed E-state index contributed by atoms with van der Waals surface area (Å²) in [6.07, 6.45) is 0.296. The van der Waals surface area contributed by atoms with Gasteiger partial charge < -0.3 is 9.88 Å². The molecule has 1 aromatic heterocycles. The van der Waals surface area contributed by atoms with E-state index in [9.17, 15) is 9.18 Å². The number of aryl methyl sites for hydroxylation is 1. The molecule has 0 bridgehead atoms. The van der Waals surface area contributed by atoms with Gasteiger partial charge in [-0.1, -0.05) is 6.07 Å². The van der Waals surface area contributed by atoms with E-state index in [-0.39, 0.29) is 11.7 Å². The minimum Gasteiger partial charge on any atom is -0.352 e. The number of halogens is 1. The van der Waals surface area contributed by atoms with Crippen molar-refractivity contribution in [2.75, 3.05) is 5.32 Å². The number of hydrogen-bond donors (Lipinski definition) is 1. The molecule has 1 aromatic carbocycles. The maximum absolute atomic E-state index is 13.0. The molecular weight excluding hydrogens is 243 g/mol. The van der Waals surface area contributed by atoms with Crippen molar-refractivity contribution in [3.8, 4) is 0 Å². The highest BCUT2D eigenvalue weighted by Gasteiger charge is 2.10. The largest absolute Gasteiger partial charge is 0.352 e. The Labute approximate surface area is 112 Å². The Balaban J connectivity index is 2.07. The van der Waals surface area contributed by atoms with Crippen molar-refractivity contribution in [3.05, 3.63) is 53.1 Å². The van der Waals surface area contributed by atoms with Gasteiger partial charge in [-0.25, -0.2) is 4.39 Å². The van der Waals surface area contributed by atoms with Crippen molar-refractivity contribution >= 4 is 11.6 Å². The fraction of sp³-hybridized carbons (Fsp3) is 0.267. The number of carbonyl (C=O) groups is 1. The molecule has 0 aliphatic carbocycles. The van der Waals surface area contributed by atoms with Crippen molar-refractivity contribution in [2.24, 2.45) is 7.05 Å². The van der Waals surface area contributed by atoms with Crippen molar-refractivity contribution in [1.82, 2.24) is 4.57 Å². The molecule has 4 heteroatoms. The fourth-order valence-electron chi connectivity index (χ4n) is 2.06. The third-order valence-electron chi connectivity index (χ3n) is 3.34. The summed E-state index contributed by atoms with van der Waals surface area (Å²) in [4.78, 5) is 11.9. The molecule has 0 spiro atoms. The van der Waals surface area contributed by atoms with Crippen molar-refractivity contribution in [3.63, 3.8) is 0 Å². The first-order chi connectivity index (χ1) is 8.97. The molecular formula is C15H17FN2O. The molecule has 1 heterocycles. The monoisotopic (exact) mass is 260 g/mol. The quantitative estimate of drug-likeness (QED) is 0.904. The molecule has 19 heavy (non-hydrogen) atoms. The molecule has 0 fully saturated rings. The molecule has 3 nitrogen and oxygen atoms in total. The van der Waals surface area contributed by atoms with Crippen molar-refractivity contribution < 1.29 is 9.18 Å². The van der Waals surface area contributed by atoms with E-state index in [1.54, 1.807) is 12.1 Å². The number of aromatic nitrogens is 1. The molecule has 0 saturated carbocycles. The zero-order valence-electron chi connectivity index (χ0n) is 11.3. The van der Waals surface area contributed by atoms with E-state index >= 15 is 0 Å². The maximum atomic E-state index is 13.0. The van der Waals surface area contributed by atoms with Gasteiger partial charge in [0.1, 0.15) is 5.82 Å². The van der Waals surface area contributed by atoms with Gasteiger partial charge in [-0.05, 0) is 43.7 Å². The lowest BCUT2D eigenvalue weighted by Gasteiger charge is -2.05. The van der Waals surface area contributed by atoms with E-state index in [4.69, 9.17) is 0 Å². The first-order valence-electron chi connectivity index (χ1n) is 6.14. The Kier molecular flexibility index (Phi) is 3.69. The van der Waals surface area contributed by atoms with Crippen LogP contribution >= 0.6 is 0 Å². The number of rotatable bonds is 3. The zero-order chi connectivity index (χ0) is 14.0. The van der Waals surface area contributed by atoms with Crippen LogP contribution in [0.1, 0.15) is 17.0 Å². The average Bonchev–Trinajstić information content (AvgIpc) is 2.57. The maximum Gasteiger partial charge on any atom is 0.228 e. The van der Waals surface area contributed by atoms with Gasteiger partial charge >= 0.3 is 0 Å². The summed E-state index contributed by atoms with van der Waals surface area (Å²) >= 11 is 0. The van der Waals surface area contributed by atoms with E-state index in [0.29, 0.717) is 12.1 Å². The molecule has 0 atom stereocenters. The highest BCUT2D eigenvalue weighted by atomic mass is 19.1. The van der Waals surface area contributed by atoms with Crippen LogP contribution in [0.4, 0.5) is 10.1 Å². The van der Waals surface area contributed by atoms with Gasteiger partial charge in [0.05, 0.1) is 6.42 Å². The Morgan fingerprint density at radius 3 is 2.63 bits per heavy atom. The number of carbonyl (C=O) groups excluding carboxylic acids is 1. The lowest BCUT2D eigenvalue weighted by atomic mass is 10.1. The predicted molar refractivity (Wildman–Crippen MR) is 73.6 cm³/mol. The van der Waals surface area contributed by atoms with Gasteiger partial charge in [-0.2, -0.15) is 0 Å². The number of hydrogen-bond acceptors (Lipinski definition) is 1. The Bertz CT molecular complexity index is 617. The van der Waals surface area contributed by atoms with Crippen LogP contribution in [0.15, 0.2) is 30.3 Å². The molecule has 2 aromatic rings. The number of amides is 1. The zero-order valence-corrected chi connectivity index (χ0v) is 11.3. The lowest BCUT2D eigenvalue weighted by Crippen LogP contribution is -2.14. The molecule has 0 unspecified atom stereocenters. The number of nitrogens with one attached hydrogen (secondary N) is 1. The summed E-state index contributed by atoms with van der Waals surface area (Å²) in [5.74, 6) is -0.496. The summed E-state index contributed by atoms with van der Waals surface area (Å²) in [7, 11) is 1.97. The highest BCUT2D eigenvalue weighted by molar-refractivity contribution is 5.92. The molecule has 0 aliphatic rings. The van der Waals surface area contributed by atoms with Crippen LogP contribution in [0.2, 0.25) is 0 Å². The second kappa shape index (κ2) is 5.26. The summed E-state index contributed by atoms with van der Waals surface area (Å²) in [6.45, 7) is 3.98. The predicted octanol–water partition coefficient (Wildman–Crippen LogP) is 2.96. The van der Waals surface area contributed by atoms with E-state index in [1.807, 2.05) is 31.5 Å². The molecule has 2 rings (SSSR count). The van der Waals surface area contributed by atoms with Gasteiger partial charge in [0.25, 0.3) is 0 Å². The van der Waals surface area contributed by atoms with E-state index in [1.165, 1.54) is 12.1 Å².